The summed E-state index contributed by atoms with van der Waals surface area (Å²) in [7, 11) is 0. The van der Waals surface area contributed by atoms with Gasteiger partial charge in [0.2, 0.25) is 0 Å². The van der Waals surface area contributed by atoms with Crippen molar-refractivity contribution in [1.82, 2.24) is 0 Å². The van der Waals surface area contributed by atoms with Gasteiger partial charge < -0.3 is 19.8 Å². The van der Waals surface area contributed by atoms with Gasteiger partial charge in [-0.05, 0) is 19.9 Å². The third kappa shape index (κ3) is 2.27. The number of rotatable bonds is 4. The molecule has 0 amide bonds. The molecule has 1 aromatic carbocycles. The summed E-state index contributed by atoms with van der Waals surface area (Å²) in [6.45, 7) is 2.17. The van der Waals surface area contributed by atoms with E-state index in [9.17, 15) is 29.4 Å². The molecule has 0 aliphatic carbocycles. The van der Waals surface area contributed by atoms with Gasteiger partial charge in [-0.15, -0.1) is 0 Å². The average molecular weight is 248 g/mol. The number of hydrogen-bond donors (Lipinski definition) is 0. The van der Waals surface area contributed by atoms with Gasteiger partial charge in [-0.25, -0.2) is 0 Å². The molecule has 0 fully saturated rings. The fourth-order valence-corrected chi connectivity index (χ4v) is 1.64. The fourth-order valence-electron chi connectivity index (χ4n) is 1.64. The molecule has 0 saturated carbocycles. The zero-order valence-electron chi connectivity index (χ0n) is 9.60. The Bertz CT molecular complexity index is 519. The molecule has 6 nitrogen and oxygen atoms in total. The molecule has 0 aliphatic rings. The number of Topliss-reactive ketones (excluding diaryl/α,β-unsaturated/α-hetero) is 2. The molecule has 0 atom stereocenters. The van der Waals surface area contributed by atoms with Gasteiger partial charge in [0.15, 0.2) is 11.6 Å². The molecule has 0 heterocycles. The maximum Gasteiger partial charge on any atom is 0.161 e. The van der Waals surface area contributed by atoms with Crippen molar-refractivity contribution in [2.75, 3.05) is 0 Å². The zero-order chi connectivity index (χ0) is 14.0. The van der Waals surface area contributed by atoms with Crippen molar-refractivity contribution in [1.29, 1.82) is 0 Å². The van der Waals surface area contributed by atoms with E-state index >= 15 is 0 Å². The average Bonchev–Trinajstić information content (AvgIpc) is 2.26. The number of carbonyl (C=O) groups excluding carboxylic acids is 4. The number of hydrogen-bond acceptors (Lipinski definition) is 6. The minimum atomic E-state index is -1.84. The van der Waals surface area contributed by atoms with Crippen molar-refractivity contribution < 1.29 is 29.4 Å². The van der Waals surface area contributed by atoms with Crippen molar-refractivity contribution in [2.24, 2.45) is 0 Å². The Morgan fingerprint density at radius 3 is 1.61 bits per heavy atom. The van der Waals surface area contributed by atoms with Crippen LogP contribution in [-0.2, 0) is 0 Å². The summed E-state index contributed by atoms with van der Waals surface area (Å²) < 4.78 is 0. The first-order valence-electron chi connectivity index (χ1n) is 4.89. The third-order valence-electron chi connectivity index (χ3n) is 2.36. The quantitative estimate of drug-likeness (QED) is 0.619. The number of carbonyl (C=O) groups is 4. The van der Waals surface area contributed by atoms with Crippen LogP contribution in [0.5, 0.6) is 0 Å². The summed E-state index contributed by atoms with van der Waals surface area (Å²) in [5.41, 5.74) is -2.14. The lowest BCUT2D eigenvalue weighted by molar-refractivity contribution is -0.259. The van der Waals surface area contributed by atoms with Crippen molar-refractivity contribution in [3.8, 4) is 0 Å². The van der Waals surface area contributed by atoms with Gasteiger partial charge in [-0.3, -0.25) is 9.59 Å². The smallest absolute Gasteiger partial charge is 0.161 e. The number of ketones is 2. The Labute approximate surface area is 102 Å². The molecule has 0 aromatic heterocycles. The molecule has 0 N–H and O–H groups in total. The van der Waals surface area contributed by atoms with Crippen LogP contribution in [0.15, 0.2) is 12.1 Å². The highest BCUT2D eigenvalue weighted by Gasteiger charge is 2.20. The van der Waals surface area contributed by atoms with Crippen LogP contribution in [0.25, 0.3) is 0 Å². The van der Waals surface area contributed by atoms with Crippen LogP contribution in [0.2, 0.25) is 0 Å². The summed E-state index contributed by atoms with van der Waals surface area (Å²) in [4.78, 5) is 44.5. The highest BCUT2D eigenvalue weighted by atomic mass is 16.4. The Kier molecular flexibility index (Phi) is 3.61. The molecule has 0 aliphatic heterocycles. The van der Waals surface area contributed by atoms with E-state index in [1.165, 1.54) is 0 Å². The van der Waals surface area contributed by atoms with Gasteiger partial charge in [-0.1, -0.05) is 6.07 Å². The molecule has 0 saturated heterocycles. The van der Waals surface area contributed by atoms with Gasteiger partial charge in [0.25, 0.3) is 0 Å². The lowest BCUT2D eigenvalue weighted by Crippen LogP contribution is -2.32. The van der Waals surface area contributed by atoms with E-state index in [-0.39, 0.29) is 5.56 Å². The van der Waals surface area contributed by atoms with Crippen molar-refractivity contribution in [2.45, 2.75) is 13.8 Å². The van der Waals surface area contributed by atoms with Crippen LogP contribution in [0.4, 0.5) is 0 Å². The fraction of sp³-hybridized carbons (Fsp3) is 0.167. The van der Waals surface area contributed by atoms with Gasteiger partial charge in [-0.2, -0.15) is 0 Å². The van der Waals surface area contributed by atoms with Crippen LogP contribution in [0.3, 0.4) is 0 Å². The lowest BCUT2D eigenvalue weighted by atomic mass is 9.92. The van der Waals surface area contributed by atoms with E-state index in [0.29, 0.717) is 0 Å². The molecule has 0 spiro atoms. The van der Waals surface area contributed by atoms with E-state index in [1.54, 1.807) is 0 Å². The summed E-state index contributed by atoms with van der Waals surface area (Å²) in [5, 5.41) is 21.7. The predicted molar refractivity (Wildman–Crippen MR) is 55.1 cm³/mol. The standard InChI is InChI=1S/C12H10O6/c1-5(13)7-3-4-8(11(15)16)10(12(17)18)9(7)6(2)14/h3-4H,1-2H3,(H,15,16)(H,17,18)/p-2. The van der Waals surface area contributed by atoms with E-state index in [4.69, 9.17) is 0 Å². The summed E-state index contributed by atoms with van der Waals surface area (Å²) in [6.07, 6.45) is 0. The Morgan fingerprint density at radius 2 is 1.28 bits per heavy atom. The predicted octanol–water partition coefficient (Wildman–Crippen LogP) is -1.18. The van der Waals surface area contributed by atoms with E-state index in [0.717, 1.165) is 26.0 Å². The van der Waals surface area contributed by atoms with E-state index in [2.05, 4.69) is 0 Å². The maximum absolute atomic E-state index is 11.4. The van der Waals surface area contributed by atoms with Gasteiger partial charge in [0.05, 0.1) is 11.9 Å². The minimum absolute atomic E-state index is 0.160. The second kappa shape index (κ2) is 4.79. The molecule has 18 heavy (non-hydrogen) atoms. The second-order valence-electron chi connectivity index (χ2n) is 3.60. The summed E-state index contributed by atoms with van der Waals surface area (Å²) >= 11 is 0. The van der Waals surface area contributed by atoms with Crippen LogP contribution in [-0.4, -0.2) is 23.5 Å². The van der Waals surface area contributed by atoms with Crippen LogP contribution in [0.1, 0.15) is 55.3 Å². The molecule has 0 bridgehead atoms. The first-order chi connectivity index (χ1) is 8.27. The Hall–Kier alpha value is -2.50. The van der Waals surface area contributed by atoms with Crippen molar-refractivity contribution in [3.63, 3.8) is 0 Å². The minimum Gasteiger partial charge on any atom is -0.545 e. The normalized spacial score (nSPS) is 9.89. The molecule has 6 heteroatoms. The molecule has 0 radical (unpaired) electrons. The molecule has 0 unspecified atom stereocenters. The van der Waals surface area contributed by atoms with Crippen LogP contribution < -0.4 is 10.2 Å². The van der Waals surface area contributed by atoms with Crippen molar-refractivity contribution >= 4 is 23.5 Å². The second-order valence-corrected chi connectivity index (χ2v) is 3.60. The molecular formula is C12H8O6-2. The third-order valence-corrected chi connectivity index (χ3v) is 2.36. The molecular weight excluding hydrogens is 240 g/mol. The van der Waals surface area contributed by atoms with Gasteiger partial charge in [0, 0.05) is 22.3 Å². The highest BCUT2D eigenvalue weighted by molar-refractivity contribution is 6.15. The van der Waals surface area contributed by atoms with E-state index in [1.807, 2.05) is 0 Å². The molecule has 94 valence electrons. The van der Waals surface area contributed by atoms with Crippen LogP contribution in [0, 0.1) is 0 Å². The zero-order valence-corrected chi connectivity index (χ0v) is 9.60. The number of carboxylic acid groups (broad SMARTS) is 2. The molecule has 1 aromatic rings. The largest absolute Gasteiger partial charge is 0.545 e. The molecule has 1 rings (SSSR count). The first-order valence-corrected chi connectivity index (χ1v) is 4.89. The number of aromatic carboxylic acids is 2. The highest BCUT2D eigenvalue weighted by Crippen LogP contribution is 2.20. The number of carboxylic acids is 2. The monoisotopic (exact) mass is 248 g/mol. The van der Waals surface area contributed by atoms with E-state index < -0.39 is 40.2 Å². The Morgan fingerprint density at radius 1 is 0.778 bits per heavy atom. The lowest BCUT2D eigenvalue weighted by Gasteiger charge is -2.17. The first kappa shape index (κ1) is 13.6. The van der Waals surface area contributed by atoms with Gasteiger partial charge >= 0.3 is 0 Å². The van der Waals surface area contributed by atoms with Crippen molar-refractivity contribution in [3.05, 3.63) is 34.4 Å². The topological polar surface area (TPSA) is 114 Å². The maximum atomic E-state index is 11.4. The van der Waals surface area contributed by atoms with Crippen LogP contribution >= 0.6 is 0 Å². The summed E-state index contributed by atoms with van der Waals surface area (Å²) in [5.74, 6) is -4.88. The van der Waals surface area contributed by atoms with Gasteiger partial charge in [0.1, 0.15) is 0 Å². The number of benzene rings is 1. The SMILES string of the molecule is CC(=O)c1ccc(C(=O)[O-])c(C(=O)[O-])c1C(C)=O. The Balaban J connectivity index is 3.82. The summed E-state index contributed by atoms with van der Waals surface area (Å²) in [6, 6.07) is 1.99.